The fraction of sp³-hybridized carbons (Fsp3) is 0.667. The maximum Gasteiger partial charge on any atom is 0.123 e. The van der Waals surface area contributed by atoms with Crippen LogP contribution in [-0.4, -0.2) is 12.1 Å². The van der Waals surface area contributed by atoms with Gasteiger partial charge in [-0.05, 0) is 42.9 Å². The number of rotatable bonds is 6. The number of benzene rings is 1. The SMILES string of the molecule is CCC1CCCC(OC(c2cccc(F)c2)C(N)CC)C1. The monoisotopic (exact) mass is 293 g/mol. The van der Waals surface area contributed by atoms with Crippen molar-refractivity contribution < 1.29 is 9.13 Å². The molecule has 3 heteroatoms. The van der Waals surface area contributed by atoms with Gasteiger partial charge in [-0.1, -0.05) is 45.2 Å². The van der Waals surface area contributed by atoms with Crippen LogP contribution in [0.5, 0.6) is 0 Å². The molecule has 1 saturated carbocycles. The van der Waals surface area contributed by atoms with Gasteiger partial charge in [-0.25, -0.2) is 4.39 Å². The predicted molar refractivity (Wildman–Crippen MR) is 84.5 cm³/mol. The summed E-state index contributed by atoms with van der Waals surface area (Å²) >= 11 is 0. The lowest BCUT2D eigenvalue weighted by atomic mass is 9.85. The van der Waals surface area contributed by atoms with Gasteiger partial charge in [-0.3, -0.25) is 0 Å². The molecule has 0 bridgehead atoms. The molecule has 1 aromatic rings. The second kappa shape index (κ2) is 7.90. The van der Waals surface area contributed by atoms with E-state index in [1.54, 1.807) is 12.1 Å². The fourth-order valence-electron chi connectivity index (χ4n) is 3.27. The highest BCUT2D eigenvalue weighted by Gasteiger charge is 2.27. The Morgan fingerprint density at radius 3 is 2.81 bits per heavy atom. The van der Waals surface area contributed by atoms with Crippen molar-refractivity contribution in [1.29, 1.82) is 0 Å². The molecule has 0 saturated heterocycles. The zero-order chi connectivity index (χ0) is 15.2. The summed E-state index contributed by atoms with van der Waals surface area (Å²) in [5.74, 6) is 0.536. The van der Waals surface area contributed by atoms with E-state index in [4.69, 9.17) is 10.5 Å². The van der Waals surface area contributed by atoms with Crippen molar-refractivity contribution in [2.24, 2.45) is 11.7 Å². The van der Waals surface area contributed by atoms with Crippen LogP contribution in [0.1, 0.15) is 64.0 Å². The molecular formula is C18H28FNO. The number of halogens is 1. The van der Waals surface area contributed by atoms with Crippen molar-refractivity contribution in [3.05, 3.63) is 35.6 Å². The molecule has 1 aromatic carbocycles. The van der Waals surface area contributed by atoms with Crippen molar-refractivity contribution in [3.63, 3.8) is 0 Å². The van der Waals surface area contributed by atoms with E-state index in [2.05, 4.69) is 13.8 Å². The van der Waals surface area contributed by atoms with Gasteiger partial charge in [-0.2, -0.15) is 0 Å². The van der Waals surface area contributed by atoms with Gasteiger partial charge in [0.1, 0.15) is 5.82 Å². The van der Waals surface area contributed by atoms with Gasteiger partial charge in [-0.15, -0.1) is 0 Å². The molecule has 4 atom stereocenters. The van der Waals surface area contributed by atoms with Gasteiger partial charge < -0.3 is 10.5 Å². The first-order valence-electron chi connectivity index (χ1n) is 8.30. The highest BCUT2D eigenvalue weighted by Crippen LogP contribution is 2.33. The third kappa shape index (κ3) is 4.52. The number of hydrogen-bond donors (Lipinski definition) is 1. The standard InChI is InChI=1S/C18H28FNO/c1-3-13-7-5-10-16(11-13)21-18(17(20)4-2)14-8-6-9-15(19)12-14/h6,8-9,12-13,16-18H,3-5,7,10-11,20H2,1-2H3. The first-order chi connectivity index (χ1) is 10.1. The van der Waals surface area contributed by atoms with Crippen molar-refractivity contribution in [2.45, 2.75) is 70.6 Å². The summed E-state index contributed by atoms with van der Waals surface area (Å²) in [6.07, 6.45) is 6.83. The number of nitrogens with two attached hydrogens (primary N) is 1. The van der Waals surface area contributed by atoms with E-state index in [1.165, 1.54) is 25.3 Å². The lowest BCUT2D eigenvalue weighted by Crippen LogP contribution is -2.34. The molecule has 2 nitrogen and oxygen atoms in total. The highest BCUT2D eigenvalue weighted by atomic mass is 19.1. The number of ether oxygens (including phenoxy) is 1. The fourth-order valence-corrected chi connectivity index (χ4v) is 3.27. The molecule has 0 aliphatic heterocycles. The van der Waals surface area contributed by atoms with E-state index in [0.717, 1.165) is 30.7 Å². The molecule has 0 amide bonds. The zero-order valence-corrected chi connectivity index (χ0v) is 13.2. The van der Waals surface area contributed by atoms with Gasteiger partial charge in [0.15, 0.2) is 0 Å². The van der Waals surface area contributed by atoms with Crippen LogP contribution >= 0.6 is 0 Å². The lowest BCUT2D eigenvalue weighted by molar-refractivity contribution is -0.0537. The Bertz CT molecular complexity index is 437. The quantitative estimate of drug-likeness (QED) is 0.832. The van der Waals surface area contributed by atoms with Crippen LogP contribution in [0.3, 0.4) is 0 Å². The van der Waals surface area contributed by atoms with E-state index in [0.29, 0.717) is 0 Å². The molecule has 118 valence electrons. The molecule has 1 aliphatic carbocycles. The average molecular weight is 293 g/mol. The summed E-state index contributed by atoms with van der Waals surface area (Å²) < 4.78 is 19.8. The van der Waals surface area contributed by atoms with E-state index in [9.17, 15) is 4.39 Å². The average Bonchev–Trinajstić information content (AvgIpc) is 2.52. The molecule has 0 heterocycles. The van der Waals surface area contributed by atoms with Gasteiger partial charge in [0.25, 0.3) is 0 Å². The summed E-state index contributed by atoms with van der Waals surface area (Å²) in [4.78, 5) is 0. The zero-order valence-electron chi connectivity index (χ0n) is 13.2. The minimum Gasteiger partial charge on any atom is -0.369 e. The van der Waals surface area contributed by atoms with E-state index in [-0.39, 0.29) is 24.1 Å². The maximum atomic E-state index is 13.5. The molecule has 1 aliphatic rings. The van der Waals surface area contributed by atoms with Crippen LogP contribution < -0.4 is 5.73 Å². The Labute approximate surface area is 127 Å². The van der Waals surface area contributed by atoms with E-state index < -0.39 is 0 Å². The Balaban J connectivity index is 2.09. The van der Waals surface area contributed by atoms with Crippen LogP contribution in [-0.2, 0) is 4.74 Å². The largest absolute Gasteiger partial charge is 0.369 e. The smallest absolute Gasteiger partial charge is 0.123 e. The van der Waals surface area contributed by atoms with E-state index in [1.807, 2.05) is 6.07 Å². The van der Waals surface area contributed by atoms with Crippen LogP contribution in [0.4, 0.5) is 4.39 Å². The van der Waals surface area contributed by atoms with Crippen LogP contribution in [0.15, 0.2) is 24.3 Å². The summed E-state index contributed by atoms with van der Waals surface area (Å²) in [5, 5.41) is 0. The third-order valence-electron chi connectivity index (χ3n) is 4.69. The Kier molecular flexibility index (Phi) is 6.19. The summed E-state index contributed by atoms with van der Waals surface area (Å²) in [6, 6.07) is 6.59. The summed E-state index contributed by atoms with van der Waals surface area (Å²) in [7, 11) is 0. The van der Waals surface area contributed by atoms with Crippen LogP contribution in [0.2, 0.25) is 0 Å². The molecule has 0 radical (unpaired) electrons. The molecule has 21 heavy (non-hydrogen) atoms. The van der Waals surface area contributed by atoms with Crippen LogP contribution in [0.25, 0.3) is 0 Å². The van der Waals surface area contributed by atoms with Gasteiger partial charge in [0.05, 0.1) is 12.2 Å². The Hall–Kier alpha value is -0.930. The highest BCUT2D eigenvalue weighted by molar-refractivity contribution is 5.20. The predicted octanol–water partition coefficient (Wildman–Crippen LogP) is 4.59. The second-order valence-electron chi connectivity index (χ2n) is 6.25. The maximum absolute atomic E-state index is 13.5. The van der Waals surface area contributed by atoms with Crippen LogP contribution in [0, 0.1) is 11.7 Å². The minimum absolute atomic E-state index is 0.0891. The first-order valence-corrected chi connectivity index (χ1v) is 8.30. The number of hydrogen-bond acceptors (Lipinski definition) is 2. The second-order valence-corrected chi connectivity index (χ2v) is 6.25. The molecule has 0 aromatic heterocycles. The van der Waals surface area contributed by atoms with Gasteiger partial charge in [0, 0.05) is 6.04 Å². The summed E-state index contributed by atoms with van der Waals surface area (Å²) in [5.41, 5.74) is 7.10. The van der Waals surface area contributed by atoms with E-state index >= 15 is 0 Å². The van der Waals surface area contributed by atoms with Crippen molar-refractivity contribution >= 4 is 0 Å². The van der Waals surface area contributed by atoms with Crippen molar-refractivity contribution in [1.82, 2.24) is 0 Å². The first kappa shape index (κ1) is 16.4. The van der Waals surface area contributed by atoms with Gasteiger partial charge >= 0.3 is 0 Å². The Morgan fingerprint density at radius 1 is 1.33 bits per heavy atom. The molecule has 2 rings (SSSR count). The Morgan fingerprint density at radius 2 is 2.14 bits per heavy atom. The topological polar surface area (TPSA) is 35.2 Å². The van der Waals surface area contributed by atoms with Gasteiger partial charge in [0.2, 0.25) is 0 Å². The molecule has 4 unspecified atom stereocenters. The summed E-state index contributed by atoms with van der Waals surface area (Å²) in [6.45, 7) is 4.30. The van der Waals surface area contributed by atoms with Crippen molar-refractivity contribution in [2.75, 3.05) is 0 Å². The minimum atomic E-state index is -0.223. The molecule has 1 fully saturated rings. The normalized spacial score (nSPS) is 25.5. The lowest BCUT2D eigenvalue weighted by Gasteiger charge is -2.34. The molecular weight excluding hydrogens is 265 g/mol. The molecule has 0 spiro atoms. The van der Waals surface area contributed by atoms with Crippen molar-refractivity contribution in [3.8, 4) is 0 Å². The third-order valence-corrected chi connectivity index (χ3v) is 4.69. The molecule has 2 N–H and O–H groups in total.